The molecular formula is C23H25N5O2. The zero-order chi connectivity index (χ0) is 20.3. The number of ether oxygens (including phenoxy) is 1. The Kier molecular flexibility index (Phi) is 5.38. The molecule has 0 saturated carbocycles. The molecule has 0 radical (unpaired) electrons. The third-order valence-electron chi connectivity index (χ3n) is 5.97. The smallest absolute Gasteiger partial charge is 0.272 e. The van der Waals surface area contributed by atoms with E-state index in [9.17, 15) is 4.79 Å². The van der Waals surface area contributed by atoms with Crippen molar-refractivity contribution in [2.24, 2.45) is 0 Å². The molecule has 3 aromatic rings. The van der Waals surface area contributed by atoms with Crippen LogP contribution in [0, 0.1) is 0 Å². The molecule has 2 aliphatic rings. The Bertz CT molecular complexity index is 1030. The Morgan fingerprint density at radius 1 is 1.07 bits per heavy atom. The van der Waals surface area contributed by atoms with Gasteiger partial charge in [0.15, 0.2) is 0 Å². The molecule has 7 nitrogen and oxygen atoms in total. The molecule has 0 aliphatic carbocycles. The zero-order valence-electron chi connectivity index (χ0n) is 16.9. The molecule has 5 heterocycles. The van der Waals surface area contributed by atoms with Crippen molar-refractivity contribution < 1.29 is 9.53 Å². The summed E-state index contributed by atoms with van der Waals surface area (Å²) in [6, 6.07) is 7.64. The predicted octanol–water partition coefficient (Wildman–Crippen LogP) is 2.63. The van der Waals surface area contributed by atoms with Crippen LogP contribution in [0.1, 0.15) is 23.3 Å². The molecule has 0 unspecified atom stereocenters. The lowest BCUT2D eigenvalue weighted by molar-refractivity contribution is 0.0430. The van der Waals surface area contributed by atoms with Gasteiger partial charge in [-0.1, -0.05) is 0 Å². The van der Waals surface area contributed by atoms with Crippen LogP contribution < -0.4 is 0 Å². The quantitative estimate of drug-likeness (QED) is 0.667. The van der Waals surface area contributed by atoms with Crippen LogP contribution in [0.25, 0.3) is 22.0 Å². The number of amides is 1. The van der Waals surface area contributed by atoms with Gasteiger partial charge in [-0.2, -0.15) is 0 Å². The molecule has 0 spiro atoms. The van der Waals surface area contributed by atoms with E-state index in [1.54, 1.807) is 24.8 Å². The van der Waals surface area contributed by atoms with Gasteiger partial charge in [-0.15, -0.1) is 0 Å². The fourth-order valence-corrected chi connectivity index (χ4v) is 4.32. The van der Waals surface area contributed by atoms with E-state index in [1.807, 2.05) is 29.2 Å². The maximum atomic E-state index is 13.3. The van der Waals surface area contributed by atoms with Crippen LogP contribution in [-0.4, -0.2) is 76.1 Å². The van der Waals surface area contributed by atoms with Gasteiger partial charge in [0.05, 0.1) is 11.6 Å². The molecule has 1 amide bonds. The Labute approximate surface area is 175 Å². The van der Waals surface area contributed by atoms with Gasteiger partial charge in [0.2, 0.25) is 0 Å². The molecule has 3 aromatic heterocycles. The topological polar surface area (TPSA) is 71.5 Å². The molecule has 0 aromatic carbocycles. The summed E-state index contributed by atoms with van der Waals surface area (Å²) in [6.45, 7) is 5.03. The molecular weight excluding hydrogens is 378 g/mol. The summed E-state index contributed by atoms with van der Waals surface area (Å²) in [5.74, 6) is -0.0132. The van der Waals surface area contributed by atoms with Crippen molar-refractivity contribution >= 4 is 16.8 Å². The van der Waals surface area contributed by atoms with Gasteiger partial charge in [0.1, 0.15) is 5.69 Å². The number of pyridine rings is 3. The summed E-state index contributed by atoms with van der Waals surface area (Å²) in [4.78, 5) is 30.6. The minimum atomic E-state index is -0.0132. The van der Waals surface area contributed by atoms with Gasteiger partial charge in [0.25, 0.3) is 5.91 Å². The van der Waals surface area contributed by atoms with Crippen molar-refractivity contribution in [2.75, 3.05) is 39.3 Å². The predicted molar refractivity (Wildman–Crippen MR) is 114 cm³/mol. The second-order valence-corrected chi connectivity index (χ2v) is 7.91. The maximum Gasteiger partial charge on any atom is 0.272 e. The highest BCUT2D eigenvalue weighted by Gasteiger charge is 2.26. The molecule has 2 fully saturated rings. The molecule has 154 valence electrons. The number of aromatic nitrogens is 3. The Morgan fingerprint density at radius 3 is 2.63 bits per heavy atom. The highest BCUT2D eigenvalue weighted by Crippen LogP contribution is 2.28. The Morgan fingerprint density at radius 2 is 1.87 bits per heavy atom. The monoisotopic (exact) mass is 403 g/mol. The third kappa shape index (κ3) is 3.91. The van der Waals surface area contributed by atoms with Crippen LogP contribution in [0.4, 0.5) is 0 Å². The lowest BCUT2D eigenvalue weighted by atomic mass is 10.0. The standard InChI is InChI=1S/C23H25N5O2/c29-23(28-11-9-27(10-12-28)16-18-2-1-13-30-18)22-14-19(17-3-6-24-7-4-17)20-15-25-8-5-21(20)26-22/h3-8,14-15,18H,1-2,9-13,16H2/t18-/m0/s1. The largest absolute Gasteiger partial charge is 0.377 e. The van der Waals surface area contributed by atoms with Crippen LogP contribution in [0.5, 0.6) is 0 Å². The van der Waals surface area contributed by atoms with Crippen LogP contribution in [0.2, 0.25) is 0 Å². The summed E-state index contributed by atoms with van der Waals surface area (Å²) in [6.07, 6.45) is 9.68. The van der Waals surface area contributed by atoms with Gasteiger partial charge in [0, 0.05) is 69.5 Å². The number of carbonyl (C=O) groups excluding carboxylic acids is 1. The van der Waals surface area contributed by atoms with Crippen molar-refractivity contribution in [3.05, 3.63) is 54.7 Å². The first-order valence-corrected chi connectivity index (χ1v) is 10.6. The van der Waals surface area contributed by atoms with E-state index in [4.69, 9.17) is 4.74 Å². The van der Waals surface area contributed by atoms with Crippen LogP contribution >= 0.6 is 0 Å². The number of nitrogens with zero attached hydrogens (tertiary/aromatic N) is 5. The highest BCUT2D eigenvalue weighted by molar-refractivity contribution is 6.01. The van der Waals surface area contributed by atoms with Gasteiger partial charge in [-0.25, -0.2) is 4.98 Å². The van der Waals surface area contributed by atoms with Crippen LogP contribution in [-0.2, 0) is 4.74 Å². The number of piperazine rings is 1. The lowest BCUT2D eigenvalue weighted by Gasteiger charge is -2.35. The summed E-state index contributed by atoms with van der Waals surface area (Å²) < 4.78 is 5.75. The summed E-state index contributed by atoms with van der Waals surface area (Å²) in [5.41, 5.74) is 3.21. The third-order valence-corrected chi connectivity index (χ3v) is 5.97. The SMILES string of the molecule is O=C(c1cc(-c2ccncc2)c2cnccc2n1)N1CCN(C[C@@H]2CCCO2)CC1. The van der Waals surface area contributed by atoms with Gasteiger partial charge >= 0.3 is 0 Å². The maximum absolute atomic E-state index is 13.3. The summed E-state index contributed by atoms with van der Waals surface area (Å²) >= 11 is 0. The first kappa shape index (κ1) is 19.1. The fourth-order valence-electron chi connectivity index (χ4n) is 4.32. The van der Waals surface area contributed by atoms with Gasteiger partial charge < -0.3 is 9.64 Å². The van der Waals surface area contributed by atoms with Gasteiger partial charge in [-0.3, -0.25) is 19.7 Å². The molecule has 0 bridgehead atoms. The van der Waals surface area contributed by atoms with Crippen molar-refractivity contribution in [2.45, 2.75) is 18.9 Å². The number of hydrogen-bond acceptors (Lipinski definition) is 6. The average Bonchev–Trinajstić information content (AvgIpc) is 3.32. The minimum Gasteiger partial charge on any atom is -0.377 e. The van der Waals surface area contributed by atoms with Crippen LogP contribution in [0.3, 0.4) is 0 Å². The van der Waals surface area contributed by atoms with Crippen molar-refractivity contribution in [1.29, 1.82) is 0 Å². The van der Waals surface area contributed by atoms with Crippen molar-refractivity contribution in [3.8, 4) is 11.1 Å². The fraction of sp³-hybridized carbons (Fsp3) is 0.391. The Balaban J connectivity index is 1.36. The van der Waals surface area contributed by atoms with Crippen molar-refractivity contribution in [3.63, 3.8) is 0 Å². The first-order chi connectivity index (χ1) is 14.8. The van der Waals surface area contributed by atoms with E-state index >= 15 is 0 Å². The highest BCUT2D eigenvalue weighted by atomic mass is 16.5. The second-order valence-electron chi connectivity index (χ2n) is 7.91. The minimum absolute atomic E-state index is 0.0132. The number of hydrogen-bond donors (Lipinski definition) is 0. The molecule has 1 atom stereocenters. The first-order valence-electron chi connectivity index (χ1n) is 10.6. The summed E-state index contributed by atoms with van der Waals surface area (Å²) in [5, 5.41) is 0.932. The zero-order valence-corrected chi connectivity index (χ0v) is 16.9. The van der Waals surface area contributed by atoms with E-state index in [1.165, 1.54) is 0 Å². The van der Waals surface area contributed by atoms with Crippen molar-refractivity contribution in [1.82, 2.24) is 24.8 Å². The number of rotatable bonds is 4. The van der Waals surface area contributed by atoms with E-state index in [0.717, 1.165) is 61.1 Å². The normalized spacial score (nSPS) is 20.0. The number of fused-ring (bicyclic) bond motifs is 1. The average molecular weight is 403 g/mol. The molecule has 7 heteroatoms. The molecule has 2 saturated heterocycles. The van der Waals surface area contributed by atoms with Crippen LogP contribution in [0.15, 0.2) is 49.1 Å². The molecule has 30 heavy (non-hydrogen) atoms. The van der Waals surface area contributed by atoms with E-state index in [0.29, 0.717) is 24.9 Å². The molecule has 5 rings (SSSR count). The summed E-state index contributed by atoms with van der Waals surface area (Å²) in [7, 11) is 0. The van der Waals surface area contributed by atoms with E-state index in [2.05, 4.69) is 19.9 Å². The number of carbonyl (C=O) groups is 1. The second kappa shape index (κ2) is 8.45. The lowest BCUT2D eigenvalue weighted by Crippen LogP contribution is -2.50. The van der Waals surface area contributed by atoms with E-state index in [-0.39, 0.29) is 5.91 Å². The van der Waals surface area contributed by atoms with E-state index < -0.39 is 0 Å². The Hall–Kier alpha value is -2.90. The molecule has 0 N–H and O–H groups in total. The van der Waals surface area contributed by atoms with Gasteiger partial charge in [-0.05, 0) is 48.2 Å². The molecule has 2 aliphatic heterocycles.